The van der Waals surface area contributed by atoms with Gasteiger partial charge in [0.25, 0.3) is 5.91 Å². The zero-order valence-corrected chi connectivity index (χ0v) is 12.1. The Kier molecular flexibility index (Phi) is 4.23. The van der Waals surface area contributed by atoms with Gasteiger partial charge in [0.15, 0.2) is 11.6 Å². The number of hydrogen-bond acceptors (Lipinski definition) is 2. The molecule has 23 heavy (non-hydrogen) atoms. The highest BCUT2D eigenvalue weighted by atomic mass is 19.2. The smallest absolute Gasteiger partial charge is 0.266 e. The maximum absolute atomic E-state index is 13.3. The van der Waals surface area contributed by atoms with Crippen molar-refractivity contribution in [2.45, 2.75) is 25.0 Å². The van der Waals surface area contributed by atoms with Gasteiger partial charge in [0.05, 0.1) is 0 Å². The van der Waals surface area contributed by atoms with Crippen molar-refractivity contribution < 1.29 is 22.7 Å². The van der Waals surface area contributed by atoms with Crippen molar-refractivity contribution in [3.05, 3.63) is 65.5 Å². The standard InChI is InChI=1S/C17H14F3NO2/c18-11-3-1-10(2-4-11)16(17(22)21-12-5-6-12)23-13-7-8-14(19)15(20)9-13/h1-4,7-9,12,16H,5-6H2,(H,21,22)/t16-/m0/s1. The molecule has 0 aromatic heterocycles. The highest BCUT2D eigenvalue weighted by Gasteiger charge is 2.30. The predicted molar refractivity (Wildman–Crippen MR) is 77.3 cm³/mol. The summed E-state index contributed by atoms with van der Waals surface area (Å²) in [6.07, 6.45) is 0.723. The molecule has 0 radical (unpaired) electrons. The first-order valence-electron chi connectivity index (χ1n) is 7.20. The first kappa shape index (κ1) is 15.4. The number of rotatable bonds is 5. The topological polar surface area (TPSA) is 38.3 Å². The maximum atomic E-state index is 13.3. The van der Waals surface area contributed by atoms with Crippen LogP contribution in [0, 0.1) is 17.5 Å². The van der Waals surface area contributed by atoms with Crippen LogP contribution < -0.4 is 10.1 Å². The summed E-state index contributed by atoms with van der Waals surface area (Å²) in [7, 11) is 0. The van der Waals surface area contributed by atoms with E-state index in [4.69, 9.17) is 4.74 Å². The summed E-state index contributed by atoms with van der Waals surface area (Å²) in [6, 6.07) is 8.40. The molecule has 0 spiro atoms. The first-order valence-corrected chi connectivity index (χ1v) is 7.20. The van der Waals surface area contributed by atoms with Gasteiger partial charge in [-0.3, -0.25) is 4.79 Å². The second-order valence-electron chi connectivity index (χ2n) is 5.41. The third-order valence-electron chi connectivity index (χ3n) is 3.48. The summed E-state index contributed by atoms with van der Waals surface area (Å²) in [5, 5.41) is 2.79. The van der Waals surface area contributed by atoms with Crippen LogP contribution in [-0.4, -0.2) is 11.9 Å². The number of halogens is 3. The number of benzene rings is 2. The molecular formula is C17H14F3NO2. The zero-order chi connectivity index (χ0) is 16.4. The number of nitrogens with one attached hydrogen (secondary N) is 1. The van der Waals surface area contributed by atoms with Gasteiger partial charge in [0.2, 0.25) is 6.10 Å². The van der Waals surface area contributed by atoms with E-state index >= 15 is 0 Å². The molecule has 0 bridgehead atoms. The van der Waals surface area contributed by atoms with E-state index in [-0.39, 0.29) is 11.8 Å². The molecule has 0 heterocycles. The van der Waals surface area contributed by atoms with Crippen molar-refractivity contribution in [1.29, 1.82) is 0 Å². The molecular weight excluding hydrogens is 307 g/mol. The van der Waals surface area contributed by atoms with E-state index in [1.54, 1.807) is 0 Å². The second kappa shape index (κ2) is 6.32. The number of carbonyl (C=O) groups is 1. The fourth-order valence-corrected chi connectivity index (χ4v) is 2.10. The molecule has 2 aromatic carbocycles. The van der Waals surface area contributed by atoms with Crippen molar-refractivity contribution in [1.82, 2.24) is 5.32 Å². The number of hydrogen-bond donors (Lipinski definition) is 1. The molecule has 3 rings (SSSR count). The van der Waals surface area contributed by atoms with Gasteiger partial charge >= 0.3 is 0 Å². The fraction of sp³-hybridized carbons (Fsp3) is 0.235. The molecule has 0 saturated heterocycles. The van der Waals surface area contributed by atoms with E-state index in [2.05, 4.69) is 5.32 Å². The molecule has 1 saturated carbocycles. The summed E-state index contributed by atoms with van der Waals surface area (Å²) in [5.41, 5.74) is 0.425. The Morgan fingerprint density at radius 2 is 1.74 bits per heavy atom. The van der Waals surface area contributed by atoms with E-state index in [1.165, 1.54) is 30.3 Å². The van der Waals surface area contributed by atoms with Crippen LogP contribution in [0.5, 0.6) is 5.75 Å². The van der Waals surface area contributed by atoms with E-state index in [0.29, 0.717) is 5.56 Å². The Hall–Kier alpha value is -2.50. The van der Waals surface area contributed by atoms with Crippen LogP contribution in [-0.2, 0) is 4.79 Å². The molecule has 2 aromatic rings. The lowest BCUT2D eigenvalue weighted by atomic mass is 10.1. The van der Waals surface area contributed by atoms with Gasteiger partial charge < -0.3 is 10.1 Å². The van der Waals surface area contributed by atoms with Crippen molar-refractivity contribution >= 4 is 5.91 Å². The maximum Gasteiger partial charge on any atom is 0.266 e. The Morgan fingerprint density at radius 1 is 1.04 bits per heavy atom. The van der Waals surface area contributed by atoms with Gasteiger partial charge in [-0.2, -0.15) is 0 Å². The summed E-state index contributed by atoms with van der Waals surface area (Å²) >= 11 is 0. The summed E-state index contributed by atoms with van der Waals surface area (Å²) in [5.74, 6) is -2.89. The quantitative estimate of drug-likeness (QED) is 0.915. The molecule has 0 aliphatic heterocycles. The lowest BCUT2D eigenvalue weighted by Gasteiger charge is -2.19. The zero-order valence-electron chi connectivity index (χ0n) is 12.1. The van der Waals surface area contributed by atoms with Gasteiger partial charge in [-0.25, -0.2) is 13.2 Å². The first-order chi connectivity index (χ1) is 11.0. The third kappa shape index (κ3) is 3.83. The molecule has 6 heteroatoms. The molecule has 1 amide bonds. The molecule has 1 aliphatic carbocycles. The van der Waals surface area contributed by atoms with Crippen LogP contribution in [0.25, 0.3) is 0 Å². The van der Waals surface area contributed by atoms with Crippen LogP contribution in [0.2, 0.25) is 0 Å². The van der Waals surface area contributed by atoms with Crippen LogP contribution >= 0.6 is 0 Å². The predicted octanol–water partition coefficient (Wildman–Crippen LogP) is 3.50. The van der Waals surface area contributed by atoms with Gasteiger partial charge in [-0.1, -0.05) is 12.1 Å². The van der Waals surface area contributed by atoms with Gasteiger partial charge in [0.1, 0.15) is 11.6 Å². The van der Waals surface area contributed by atoms with Crippen LogP contribution in [0.4, 0.5) is 13.2 Å². The average Bonchev–Trinajstić information content (AvgIpc) is 3.33. The van der Waals surface area contributed by atoms with E-state index in [9.17, 15) is 18.0 Å². The number of amides is 1. The normalized spacial score (nSPS) is 15.1. The van der Waals surface area contributed by atoms with Gasteiger partial charge in [0, 0.05) is 17.7 Å². The largest absolute Gasteiger partial charge is 0.476 e. The molecule has 1 atom stereocenters. The van der Waals surface area contributed by atoms with Crippen LogP contribution in [0.3, 0.4) is 0 Å². The molecule has 1 aliphatic rings. The van der Waals surface area contributed by atoms with Crippen molar-refractivity contribution in [2.75, 3.05) is 0 Å². The molecule has 1 fully saturated rings. The second-order valence-corrected chi connectivity index (χ2v) is 5.41. The lowest BCUT2D eigenvalue weighted by Crippen LogP contribution is -2.33. The summed E-state index contributed by atoms with van der Waals surface area (Å²) in [6.45, 7) is 0. The van der Waals surface area contributed by atoms with Crippen molar-refractivity contribution in [3.63, 3.8) is 0 Å². The Labute approximate surface area is 131 Å². The van der Waals surface area contributed by atoms with Gasteiger partial charge in [-0.05, 0) is 37.1 Å². The summed E-state index contributed by atoms with van der Waals surface area (Å²) in [4.78, 5) is 12.3. The summed E-state index contributed by atoms with van der Waals surface area (Å²) < 4.78 is 44.9. The minimum atomic E-state index is -1.07. The molecule has 0 unspecified atom stereocenters. The van der Waals surface area contributed by atoms with E-state index in [0.717, 1.165) is 25.0 Å². The monoisotopic (exact) mass is 321 g/mol. The van der Waals surface area contributed by atoms with E-state index in [1.807, 2.05) is 0 Å². The van der Waals surface area contributed by atoms with Crippen molar-refractivity contribution in [3.8, 4) is 5.75 Å². The van der Waals surface area contributed by atoms with Crippen molar-refractivity contribution in [2.24, 2.45) is 0 Å². The van der Waals surface area contributed by atoms with Crippen LogP contribution in [0.15, 0.2) is 42.5 Å². The minimum absolute atomic E-state index is 0.0178. The molecule has 120 valence electrons. The number of ether oxygens (including phenoxy) is 1. The minimum Gasteiger partial charge on any atom is -0.476 e. The molecule has 3 nitrogen and oxygen atoms in total. The Balaban J connectivity index is 1.85. The molecule has 1 N–H and O–H groups in total. The highest BCUT2D eigenvalue weighted by Crippen LogP contribution is 2.26. The highest BCUT2D eigenvalue weighted by molar-refractivity contribution is 5.83. The Bertz CT molecular complexity index is 714. The SMILES string of the molecule is O=C(NC1CC1)[C@@H](Oc1ccc(F)c(F)c1)c1ccc(F)cc1. The average molecular weight is 321 g/mol. The van der Waals surface area contributed by atoms with Gasteiger partial charge in [-0.15, -0.1) is 0 Å². The number of carbonyl (C=O) groups excluding carboxylic acids is 1. The third-order valence-corrected chi connectivity index (χ3v) is 3.48. The lowest BCUT2D eigenvalue weighted by molar-refractivity contribution is -0.128. The van der Waals surface area contributed by atoms with E-state index < -0.39 is 29.5 Å². The van der Waals surface area contributed by atoms with Crippen LogP contribution in [0.1, 0.15) is 24.5 Å². The fourth-order valence-electron chi connectivity index (χ4n) is 2.10. The Morgan fingerprint density at radius 3 is 2.35 bits per heavy atom.